The number of amides is 1. The fourth-order valence-electron chi connectivity index (χ4n) is 2.54. The first-order valence-corrected chi connectivity index (χ1v) is 9.51. The van der Waals surface area contributed by atoms with E-state index in [9.17, 15) is 19.4 Å². The molecular weight excluding hydrogens is 414 g/mol. The molecule has 3 atom stereocenters. The molecule has 27 heavy (non-hydrogen) atoms. The van der Waals surface area contributed by atoms with Crippen LogP contribution in [0.2, 0.25) is 10.0 Å². The molecule has 3 rings (SSSR count). The quantitative estimate of drug-likeness (QED) is 0.536. The third-order valence-corrected chi connectivity index (χ3v) is 5.72. The Morgan fingerprint density at radius 1 is 1.22 bits per heavy atom. The predicted molar refractivity (Wildman–Crippen MR) is 104 cm³/mol. The van der Waals surface area contributed by atoms with Crippen molar-refractivity contribution in [2.24, 2.45) is 0 Å². The number of carbonyl (C=O) groups excluding carboxylic acids is 1. The van der Waals surface area contributed by atoms with Crippen molar-refractivity contribution >= 4 is 50.7 Å². The minimum atomic E-state index is -1.75. The summed E-state index contributed by atoms with van der Waals surface area (Å²) < 4.78 is 14.5. The number of hydrogen-bond acceptors (Lipinski definition) is 5. The van der Waals surface area contributed by atoms with E-state index in [1.807, 2.05) is 12.1 Å². The summed E-state index contributed by atoms with van der Waals surface area (Å²) in [6.45, 7) is 1.57. The molecule has 0 aliphatic rings. The van der Waals surface area contributed by atoms with E-state index in [2.05, 4.69) is 10.3 Å². The largest absolute Gasteiger partial charge is 0.383 e. The summed E-state index contributed by atoms with van der Waals surface area (Å²) in [6.07, 6.45) is -3.24. The Hall–Kier alpha value is -1.77. The highest BCUT2D eigenvalue weighted by molar-refractivity contribution is 7.18. The predicted octanol–water partition coefficient (Wildman–Crippen LogP) is 4.01. The number of aliphatic hydroxyl groups is 2. The van der Waals surface area contributed by atoms with Gasteiger partial charge in [0.25, 0.3) is 5.91 Å². The van der Waals surface area contributed by atoms with Crippen molar-refractivity contribution in [2.45, 2.75) is 25.2 Å². The number of nitrogens with one attached hydrogen (secondary N) is 1. The molecule has 0 saturated heterocycles. The lowest BCUT2D eigenvalue weighted by Gasteiger charge is -2.20. The molecular formula is C18H15Cl2FN2O3S. The Bertz CT molecular complexity index is 965. The van der Waals surface area contributed by atoms with Gasteiger partial charge in [0.1, 0.15) is 16.9 Å². The molecule has 0 saturated carbocycles. The summed E-state index contributed by atoms with van der Waals surface area (Å²) in [6, 6.07) is 8.88. The van der Waals surface area contributed by atoms with Gasteiger partial charge in [0, 0.05) is 5.02 Å². The third-order valence-electron chi connectivity index (χ3n) is 4.00. The first kappa shape index (κ1) is 20.0. The number of para-hydroxylation sites is 1. The Morgan fingerprint density at radius 3 is 2.63 bits per heavy atom. The molecule has 0 spiro atoms. The monoisotopic (exact) mass is 428 g/mol. The maximum Gasteiger partial charge on any atom is 0.252 e. The van der Waals surface area contributed by atoms with Gasteiger partial charge in [0.2, 0.25) is 0 Å². The van der Waals surface area contributed by atoms with Crippen molar-refractivity contribution in [2.75, 3.05) is 0 Å². The summed E-state index contributed by atoms with van der Waals surface area (Å²) >= 11 is 12.9. The first-order valence-electron chi connectivity index (χ1n) is 7.94. The van der Waals surface area contributed by atoms with Crippen LogP contribution in [-0.4, -0.2) is 27.2 Å². The highest BCUT2D eigenvalue weighted by atomic mass is 35.5. The average Bonchev–Trinajstić information content (AvgIpc) is 3.07. The minimum absolute atomic E-state index is 0.131. The van der Waals surface area contributed by atoms with Crippen molar-refractivity contribution in [3.63, 3.8) is 0 Å². The van der Waals surface area contributed by atoms with Gasteiger partial charge < -0.3 is 15.5 Å². The van der Waals surface area contributed by atoms with Crippen molar-refractivity contribution in [3.8, 4) is 0 Å². The van der Waals surface area contributed by atoms with Crippen LogP contribution in [-0.2, 0) is 4.79 Å². The van der Waals surface area contributed by atoms with E-state index in [4.69, 9.17) is 23.2 Å². The second-order valence-electron chi connectivity index (χ2n) is 5.93. The van der Waals surface area contributed by atoms with Crippen LogP contribution in [0.5, 0.6) is 0 Å². The van der Waals surface area contributed by atoms with Crippen LogP contribution in [0.15, 0.2) is 36.4 Å². The second-order valence-corrected chi connectivity index (χ2v) is 7.80. The molecule has 1 heterocycles. The topological polar surface area (TPSA) is 82.5 Å². The van der Waals surface area contributed by atoms with E-state index in [0.717, 1.165) is 10.8 Å². The fraction of sp³-hybridized carbons (Fsp3) is 0.222. The molecule has 9 heteroatoms. The molecule has 142 valence electrons. The molecule has 3 aromatic rings. The zero-order valence-corrected chi connectivity index (χ0v) is 16.3. The maximum absolute atomic E-state index is 13.7. The Balaban J connectivity index is 1.74. The van der Waals surface area contributed by atoms with E-state index < -0.39 is 30.0 Å². The van der Waals surface area contributed by atoms with Gasteiger partial charge in [0.05, 0.1) is 21.3 Å². The average molecular weight is 429 g/mol. The van der Waals surface area contributed by atoms with Gasteiger partial charge in [-0.2, -0.15) is 0 Å². The van der Waals surface area contributed by atoms with Gasteiger partial charge in [-0.1, -0.05) is 35.3 Å². The van der Waals surface area contributed by atoms with Crippen molar-refractivity contribution in [1.82, 2.24) is 10.3 Å². The summed E-state index contributed by atoms with van der Waals surface area (Å²) in [4.78, 5) is 16.5. The maximum atomic E-state index is 13.7. The number of carbonyl (C=O) groups is 1. The zero-order valence-electron chi connectivity index (χ0n) is 14.0. The van der Waals surface area contributed by atoms with Crippen molar-refractivity contribution in [3.05, 3.63) is 62.8 Å². The second kappa shape index (κ2) is 8.08. The van der Waals surface area contributed by atoms with E-state index in [1.165, 1.54) is 17.4 Å². The number of nitrogens with zero attached hydrogens (tertiary/aromatic N) is 1. The van der Waals surface area contributed by atoms with Gasteiger partial charge in [-0.15, -0.1) is 11.3 Å². The lowest BCUT2D eigenvalue weighted by Crippen LogP contribution is -2.39. The minimum Gasteiger partial charge on any atom is -0.383 e. The van der Waals surface area contributed by atoms with E-state index >= 15 is 0 Å². The van der Waals surface area contributed by atoms with Crippen LogP contribution in [0.3, 0.4) is 0 Å². The zero-order chi connectivity index (χ0) is 19.7. The normalized spacial score (nSPS) is 14.7. The lowest BCUT2D eigenvalue weighted by atomic mass is 10.1. The summed E-state index contributed by atoms with van der Waals surface area (Å²) in [5.41, 5.74) is 0.967. The Labute approximate surface area is 168 Å². The molecule has 3 N–H and O–H groups in total. The van der Waals surface area contributed by atoms with E-state index in [1.54, 1.807) is 19.1 Å². The molecule has 0 aliphatic carbocycles. The number of halogens is 3. The molecule has 0 bridgehead atoms. The molecule has 5 nitrogen and oxygen atoms in total. The van der Waals surface area contributed by atoms with Crippen LogP contribution in [0.4, 0.5) is 4.39 Å². The molecule has 0 radical (unpaired) electrons. The number of aromatic nitrogens is 1. The first-order chi connectivity index (χ1) is 12.8. The van der Waals surface area contributed by atoms with Gasteiger partial charge in [-0.05, 0) is 36.8 Å². The Morgan fingerprint density at radius 2 is 1.93 bits per heavy atom. The third kappa shape index (κ3) is 4.23. The molecule has 0 aliphatic heterocycles. The van der Waals surface area contributed by atoms with Crippen molar-refractivity contribution in [1.29, 1.82) is 0 Å². The number of benzene rings is 2. The van der Waals surface area contributed by atoms with E-state index in [-0.39, 0.29) is 15.1 Å². The fourth-order valence-corrected chi connectivity index (χ4v) is 4.07. The molecule has 0 fully saturated rings. The Kier molecular flexibility index (Phi) is 5.98. The smallest absolute Gasteiger partial charge is 0.252 e. The number of thiazole rings is 1. The number of rotatable bonds is 5. The highest BCUT2D eigenvalue weighted by Gasteiger charge is 2.29. The van der Waals surface area contributed by atoms with Gasteiger partial charge >= 0.3 is 0 Å². The standard InChI is InChI=1S/C18H15Cl2FN2O3S/c1-8(9-6-12(21)11(20)7-10(9)19)22-17(26)15(24)16(25)18-23-13-4-2-3-5-14(13)27-18/h2-8,15-16,24-25H,1H3,(H,22,26). The van der Waals surface area contributed by atoms with Crippen LogP contribution in [0.1, 0.15) is 29.6 Å². The molecule has 1 aromatic heterocycles. The van der Waals surface area contributed by atoms with Gasteiger partial charge in [0.15, 0.2) is 6.10 Å². The number of fused-ring (bicyclic) bond motifs is 1. The highest BCUT2D eigenvalue weighted by Crippen LogP contribution is 2.30. The summed E-state index contributed by atoms with van der Waals surface area (Å²) in [5.74, 6) is -1.51. The van der Waals surface area contributed by atoms with Crippen molar-refractivity contribution < 1.29 is 19.4 Å². The molecule has 3 unspecified atom stereocenters. The summed E-state index contributed by atoms with van der Waals surface area (Å²) in [7, 11) is 0. The lowest BCUT2D eigenvalue weighted by molar-refractivity contribution is -0.136. The van der Waals surface area contributed by atoms with Gasteiger partial charge in [-0.3, -0.25) is 4.79 Å². The van der Waals surface area contributed by atoms with Crippen LogP contribution in [0, 0.1) is 5.82 Å². The van der Waals surface area contributed by atoms with E-state index in [0.29, 0.717) is 11.1 Å². The van der Waals surface area contributed by atoms with Crippen LogP contribution >= 0.6 is 34.5 Å². The van der Waals surface area contributed by atoms with Gasteiger partial charge in [-0.25, -0.2) is 9.37 Å². The molecule has 1 amide bonds. The number of hydrogen-bond donors (Lipinski definition) is 3. The van der Waals surface area contributed by atoms with Crippen LogP contribution < -0.4 is 5.32 Å². The summed E-state index contributed by atoms with van der Waals surface area (Å²) in [5, 5.41) is 23.3. The van der Waals surface area contributed by atoms with Crippen LogP contribution in [0.25, 0.3) is 10.2 Å². The number of aliphatic hydroxyl groups excluding tert-OH is 2. The molecule has 2 aromatic carbocycles. The SMILES string of the molecule is CC(NC(=O)C(O)C(O)c1nc2ccccc2s1)c1cc(F)c(Cl)cc1Cl.